The summed E-state index contributed by atoms with van der Waals surface area (Å²) in [5, 5.41) is 14.9. The minimum Gasteiger partial charge on any atom is -0.508 e. The highest BCUT2D eigenvalue weighted by atomic mass is 16.3. The zero-order valence-electron chi connectivity index (χ0n) is 11.0. The number of fused-ring (bicyclic) bond motifs is 1. The first-order valence-electron chi connectivity index (χ1n) is 6.60. The normalized spacial score (nSPS) is 10.8. The fourth-order valence-electron chi connectivity index (χ4n) is 2.18. The van der Waals surface area contributed by atoms with E-state index >= 15 is 0 Å². The number of pyridine rings is 1. The van der Waals surface area contributed by atoms with Gasteiger partial charge in [-0.1, -0.05) is 6.07 Å². The van der Waals surface area contributed by atoms with Crippen molar-refractivity contribution >= 4 is 16.6 Å². The summed E-state index contributed by atoms with van der Waals surface area (Å²) in [5.41, 5.74) is 0. The minimum atomic E-state index is 0.256. The molecule has 1 aromatic carbocycles. The lowest BCUT2D eigenvalue weighted by molar-refractivity contribution is 0.476. The average molecular weight is 268 g/mol. The molecule has 20 heavy (non-hydrogen) atoms. The topological polar surface area (TPSA) is 63.0 Å². The number of rotatable bonds is 5. The molecule has 5 nitrogen and oxygen atoms in total. The first-order valence-corrected chi connectivity index (χ1v) is 6.60. The summed E-state index contributed by atoms with van der Waals surface area (Å²) in [4.78, 5) is 8.35. The van der Waals surface area contributed by atoms with Crippen LogP contribution in [0.3, 0.4) is 0 Å². The van der Waals surface area contributed by atoms with Gasteiger partial charge in [0.25, 0.3) is 0 Å². The lowest BCUT2D eigenvalue weighted by Crippen LogP contribution is -2.07. The highest BCUT2D eigenvalue weighted by Gasteiger charge is 2.02. The van der Waals surface area contributed by atoms with Crippen LogP contribution in [0.25, 0.3) is 10.8 Å². The fraction of sp³-hybridized carbons (Fsp3) is 0.200. The molecule has 0 aliphatic carbocycles. The van der Waals surface area contributed by atoms with Crippen molar-refractivity contribution in [3.63, 3.8) is 0 Å². The van der Waals surface area contributed by atoms with E-state index in [0.29, 0.717) is 0 Å². The third-order valence-corrected chi connectivity index (χ3v) is 3.19. The Labute approximate surface area is 116 Å². The number of anilines is 1. The van der Waals surface area contributed by atoms with Crippen molar-refractivity contribution in [3.05, 3.63) is 49.2 Å². The second kappa shape index (κ2) is 5.61. The number of aryl methyl sites for hydroxylation is 1. The van der Waals surface area contributed by atoms with E-state index in [1.165, 1.54) is 0 Å². The number of imidazole rings is 1. The Morgan fingerprint density at radius 1 is 1.20 bits per heavy atom. The quantitative estimate of drug-likeness (QED) is 0.698. The van der Waals surface area contributed by atoms with E-state index in [0.717, 1.165) is 36.1 Å². The number of hydrogen-bond acceptors (Lipinski definition) is 4. The third-order valence-electron chi connectivity index (χ3n) is 3.19. The van der Waals surface area contributed by atoms with E-state index < -0.39 is 0 Å². The molecule has 0 fully saturated rings. The van der Waals surface area contributed by atoms with Gasteiger partial charge >= 0.3 is 0 Å². The maximum Gasteiger partial charge on any atom is 0.133 e. The number of benzene rings is 1. The zero-order valence-corrected chi connectivity index (χ0v) is 11.0. The molecule has 0 unspecified atom stereocenters. The molecule has 3 rings (SSSR count). The third kappa shape index (κ3) is 2.71. The molecule has 0 saturated heterocycles. The smallest absolute Gasteiger partial charge is 0.133 e. The van der Waals surface area contributed by atoms with Crippen LogP contribution in [0.1, 0.15) is 6.42 Å². The highest BCUT2D eigenvalue weighted by molar-refractivity contribution is 5.92. The molecule has 0 radical (unpaired) electrons. The molecule has 0 aliphatic heterocycles. The van der Waals surface area contributed by atoms with Gasteiger partial charge < -0.3 is 15.0 Å². The van der Waals surface area contributed by atoms with Gasteiger partial charge in [0.15, 0.2) is 0 Å². The predicted octanol–water partition coefficient (Wildman–Crippen LogP) is 2.64. The standard InChI is InChI=1S/C15H16N4O/c20-13-3-2-12-4-6-18-15(14(12)10-13)17-5-1-8-19-9-7-16-11-19/h2-4,6-7,9-11,20H,1,5,8H2,(H,17,18). The zero-order chi connectivity index (χ0) is 13.8. The maximum atomic E-state index is 9.59. The van der Waals surface area contributed by atoms with E-state index in [2.05, 4.69) is 15.3 Å². The van der Waals surface area contributed by atoms with Crippen LogP contribution >= 0.6 is 0 Å². The number of nitrogens with zero attached hydrogens (tertiary/aromatic N) is 3. The number of phenolic OH excluding ortho intramolecular Hbond substituents is 1. The lowest BCUT2D eigenvalue weighted by Gasteiger charge is -2.09. The van der Waals surface area contributed by atoms with Gasteiger partial charge in [0.1, 0.15) is 11.6 Å². The van der Waals surface area contributed by atoms with Crippen LogP contribution in [0, 0.1) is 0 Å². The number of hydrogen-bond donors (Lipinski definition) is 2. The molecule has 5 heteroatoms. The van der Waals surface area contributed by atoms with Gasteiger partial charge in [-0.25, -0.2) is 9.97 Å². The van der Waals surface area contributed by atoms with Crippen LogP contribution in [0.15, 0.2) is 49.2 Å². The van der Waals surface area contributed by atoms with Crippen molar-refractivity contribution in [2.24, 2.45) is 0 Å². The molecule has 0 spiro atoms. The molecule has 0 atom stereocenters. The van der Waals surface area contributed by atoms with Crippen LogP contribution in [0.2, 0.25) is 0 Å². The maximum absolute atomic E-state index is 9.59. The molecule has 2 N–H and O–H groups in total. The summed E-state index contributed by atoms with van der Waals surface area (Å²) in [6.07, 6.45) is 8.30. The van der Waals surface area contributed by atoms with Gasteiger partial charge in [0.2, 0.25) is 0 Å². The van der Waals surface area contributed by atoms with Crippen LogP contribution < -0.4 is 5.32 Å². The van der Waals surface area contributed by atoms with E-state index in [1.807, 2.05) is 29.2 Å². The van der Waals surface area contributed by atoms with Gasteiger partial charge in [0.05, 0.1) is 6.33 Å². The summed E-state index contributed by atoms with van der Waals surface area (Å²) in [6, 6.07) is 7.25. The molecular formula is C15H16N4O. The van der Waals surface area contributed by atoms with Crippen LogP contribution in [0.5, 0.6) is 5.75 Å². The number of aromatic nitrogens is 3. The minimum absolute atomic E-state index is 0.256. The first-order chi connectivity index (χ1) is 9.83. The molecule has 0 aliphatic rings. The molecular weight excluding hydrogens is 252 g/mol. The van der Waals surface area contributed by atoms with Gasteiger partial charge in [0, 0.05) is 37.1 Å². The fourth-order valence-corrected chi connectivity index (χ4v) is 2.18. The van der Waals surface area contributed by atoms with Crippen molar-refractivity contribution < 1.29 is 5.11 Å². The van der Waals surface area contributed by atoms with E-state index in [9.17, 15) is 5.11 Å². The lowest BCUT2D eigenvalue weighted by atomic mass is 10.1. The van der Waals surface area contributed by atoms with Crippen LogP contribution in [-0.4, -0.2) is 26.2 Å². The summed E-state index contributed by atoms with van der Waals surface area (Å²) in [5.74, 6) is 1.07. The van der Waals surface area contributed by atoms with Crippen molar-refractivity contribution in [1.82, 2.24) is 14.5 Å². The van der Waals surface area contributed by atoms with E-state index in [4.69, 9.17) is 0 Å². The molecule has 3 aromatic rings. The van der Waals surface area contributed by atoms with Crippen molar-refractivity contribution in [2.45, 2.75) is 13.0 Å². The monoisotopic (exact) mass is 268 g/mol. The summed E-state index contributed by atoms with van der Waals surface area (Å²) < 4.78 is 2.05. The first kappa shape index (κ1) is 12.5. The Balaban J connectivity index is 1.66. The Hall–Kier alpha value is -2.56. The summed E-state index contributed by atoms with van der Waals surface area (Å²) in [7, 11) is 0. The largest absolute Gasteiger partial charge is 0.508 e. The van der Waals surface area contributed by atoms with Gasteiger partial charge in [-0.3, -0.25) is 0 Å². The second-order valence-corrected chi connectivity index (χ2v) is 4.65. The number of phenols is 1. The van der Waals surface area contributed by atoms with Crippen molar-refractivity contribution in [1.29, 1.82) is 0 Å². The van der Waals surface area contributed by atoms with E-state index in [1.54, 1.807) is 24.5 Å². The molecule has 0 bridgehead atoms. The number of nitrogens with one attached hydrogen (secondary N) is 1. The van der Waals surface area contributed by atoms with Crippen molar-refractivity contribution in [3.8, 4) is 5.75 Å². The Kier molecular flexibility index (Phi) is 3.50. The molecule has 2 heterocycles. The summed E-state index contributed by atoms with van der Waals surface area (Å²) in [6.45, 7) is 1.74. The Morgan fingerprint density at radius 2 is 2.15 bits per heavy atom. The van der Waals surface area contributed by atoms with E-state index in [-0.39, 0.29) is 5.75 Å². The van der Waals surface area contributed by atoms with Gasteiger partial charge in [-0.2, -0.15) is 0 Å². The SMILES string of the molecule is Oc1ccc2ccnc(NCCCn3ccnc3)c2c1. The second-order valence-electron chi connectivity index (χ2n) is 4.65. The highest BCUT2D eigenvalue weighted by Crippen LogP contribution is 2.24. The molecule has 0 saturated carbocycles. The molecule has 102 valence electrons. The van der Waals surface area contributed by atoms with Gasteiger partial charge in [-0.05, 0) is 30.0 Å². The Bertz CT molecular complexity index is 694. The molecule has 2 aromatic heterocycles. The predicted molar refractivity (Wildman–Crippen MR) is 78.7 cm³/mol. The number of aromatic hydroxyl groups is 1. The van der Waals surface area contributed by atoms with Crippen LogP contribution in [0.4, 0.5) is 5.82 Å². The molecule has 0 amide bonds. The summed E-state index contributed by atoms with van der Waals surface area (Å²) >= 11 is 0. The Morgan fingerprint density at radius 3 is 3.00 bits per heavy atom. The van der Waals surface area contributed by atoms with Gasteiger partial charge in [-0.15, -0.1) is 0 Å². The van der Waals surface area contributed by atoms with Crippen LogP contribution in [-0.2, 0) is 6.54 Å². The average Bonchev–Trinajstić information content (AvgIpc) is 2.97. The van der Waals surface area contributed by atoms with Crippen molar-refractivity contribution in [2.75, 3.05) is 11.9 Å².